The topological polar surface area (TPSA) is 63.7 Å². The Morgan fingerprint density at radius 3 is 2.33 bits per heavy atom. The molecule has 0 saturated heterocycles. The van der Waals surface area contributed by atoms with Crippen LogP contribution in [-0.4, -0.2) is 36.7 Å². The van der Waals surface area contributed by atoms with Gasteiger partial charge in [0.15, 0.2) is 5.78 Å². The van der Waals surface area contributed by atoms with E-state index in [-0.39, 0.29) is 17.3 Å². The van der Waals surface area contributed by atoms with E-state index >= 15 is 0 Å². The molecule has 1 heterocycles. The van der Waals surface area contributed by atoms with Gasteiger partial charge in [0.05, 0.1) is 12.7 Å². The summed E-state index contributed by atoms with van der Waals surface area (Å²) in [7, 11) is 3.02. The number of fused-ring (bicyclic) bond motifs is 2. The Balaban J connectivity index is 2.01. The van der Waals surface area contributed by atoms with Crippen LogP contribution in [0.1, 0.15) is 36.6 Å². The molecule has 0 N–H and O–H groups in total. The molecule has 1 aliphatic heterocycles. The average Bonchev–Trinajstić information content (AvgIpc) is 2.80. The first-order chi connectivity index (χ1) is 14.5. The molecule has 5 heteroatoms. The van der Waals surface area contributed by atoms with Crippen LogP contribution in [0.2, 0.25) is 0 Å². The van der Waals surface area contributed by atoms with Gasteiger partial charge >= 0.3 is 0 Å². The van der Waals surface area contributed by atoms with Gasteiger partial charge in [-0.2, -0.15) is 0 Å². The molecule has 0 spiro atoms. The van der Waals surface area contributed by atoms with Crippen molar-refractivity contribution in [2.75, 3.05) is 14.2 Å². The third kappa shape index (κ3) is 2.38. The van der Waals surface area contributed by atoms with Crippen molar-refractivity contribution in [3.63, 3.8) is 0 Å². The fourth-order valence-electron chi connectivity index (χ4n) is 4.20. The molecule has 0 bridgehead atoms. The van der Waals surface area contributed by atoms with Gasteiger partial charge in [0.25, 0.3) is 11.8 Å². The number of hydrogen-bond donors (Lipinski definition) is 0. The van der Waals surface area contributed by atoms with Crippen molar-refractivity contribution in [2.24, 2.45) is 0 Å². The number of hydrogen-bond acceptors (Lipinski definition) is 4. The van der Waals surface area contributed by atoms with E-state index in [1.165, 1.54) is 7.05 Å². The number of amides is 2. The predicted octanol–water partition coefficient (Wildman–Crippen LogP) is 4.46. The fourth-order valence-corrected chi connectivity index (χ4v) is 4.20. The van der Waals surface area contributed by atoms with Gasteiger partial charge in [-0.05, 0) is 40.4 Å². The van der Waals surface area contributed by atoms with Crippen LogP contribution in [-0.2, 0) is 0 Å². The lowest BCUT2D eigenvalue weighted by Crippen LogP contribution is -2.38. The van der Waals surface area contributed by atoms with Crippen LogP contribution in [0.15, 0.2) is 66.7 Å². The fraction of sp³-hybridized carbons (Fsp3) is 0.0800. The summed E-state index contributed by atoms with van der Waals surface area (Å²) in [6.07, 6.45) is 0. The van der Waals surface area contributed by atoms with Crippen molar-refractivity contribution < 1.29 is 19.1 Å². The van der Waals surface area contributed by atoms with E-state index in [1.54, 1.807) is 55.6 Å². The molecule has 0 aromatic heterocycles. The summed E-state index contributed by atoms with van der Waals surface area (Å²) in [6, 6.07) is 19.6. The monoisotopic (exact) mass is 395 g/mol. The van der Waals surface area contributed by atoms with E-state index < -0.39 is 5.91 Å². The first-order valence-electron chi connectivity index (χ1n) is 9.51. The molecular formula is C25H17NO4. The number of ketones is 1. The van der Waals surface area contributed by atoms with Crippen LogP contribution in [0.4, 0.5) is 0 Å². The zero-order valence-electron chi connectivity index (χ0n) is 16.4. The second-order valence-electron chi connectivity index (χ2n) is 7.25. The predicted molar refractivity (Wildman–Crippen MR) is 114 cm³/mol. The second-order valence-corrected chi connectivity index (χ2v) is 7.25. The smallest absolute Gasteiger partial charge is 0.261 e. The molecule has 0 radical (unpaired) electrons. The Bertz CT molecular complexity index is 1390. The number of rotatable bonds is 3. The number of carbonyl (C=O) groups excluding carboxylic acids is 3. The minimum Gasteiger partial charge on any atom is -0.497 e. The van der Waals surface area contributed by atoms with Gasteiger partial charge in [0.1, 0.15) is 5.75 Å². The lowest BCUT2D eigenvalue weighted by Gasteiger charge is -2.27. The minimum atomic E-state index is -0.472. The first kappa shape index (κ1) is 18.1. The van der Waals surface area contributed by atoms with E-state index in [0.717, 1.165) is 15.7 Å². The van der Waals surface area contributed by atoms with Crippen LogP contribution in [0.5, 0.6) is 5.75 Å². The molecule has 0 aliphatic carbocycles. The highest BCUT2D eigenvalue weighted by molar-refractivity contribution is 6.35. The summed E-state index contributed by atoms with van der Waals surface area (Å²) in [4.78, 5) is 40.8. The number of benzene rings is 4. The van der Waals surface area contributed by atoms with Crippen molar-refractivity contribution in [3.8, 4) is 5.75 Å². The zero-order valence-corrected chi connectivity index (χ0v) is 16.4. The molecule has 0 saturated carbocycles. The lowest BCUT2D eigenvalue weighted by molar-refractivity contribution is 0.0648. The van der Waals surface area contributed by atoms with E-state index in [9.17, 15) is 14.4 Å². The Hall–Kier alpha value is -3.99. The molecule has 1 aliphatic rings. The molecule has 4 aromatic carbocycles. The van der Waals surface area contributed by atoms with Crippen LogP contribution >= 0.6 is 0 Å². The maximum atomic E-state index is 13.6. The zero-order chi connectivity index (χ0) is 21.0. The number of carbonyl (C=O) groups is 3. The molecule has 0 unspecified atom stereocenters. The summed E-state index contributed by atoms with van der Waals surface area (Å²) in [6.45, 7) is 0. The van der Waals surface area contributed by atoms with E-state index in [2.05, 4.69) is 0 Å². The van der Waals surface area contributed by atoms with E-state index in [1.807, 2.05) is 18.2 Å². The van der Waals surface area contributed by atoms with Crippen molar-refractivity contribution in [1.82, 2.24) is 4.90 Å². The van der Waals surface area contributed by atoms with Crippen molar-refractivity contribution in [1.29, 1.82) is 0 Å². The summed E-state index contributed by atoms with van der Waals surface area (Å²) in [5.74, 6) is -0.473. The molecule has 2 amide bonds. The number of nitrogens with zero attached hydrogens (tertiary/aromatic N) is 1. The van der Waals surface area contributed by atoms with E-state index in [0.29, 0.717) is 33.2 Å². The number of ether oxygens (including phenoxy) is 1. The average molecular weight is 395 g/mol. The Kier molecular flexibility index (Phi) is 3.93. The third-order valence-electron chi connectivity index (χ3n) is 5.67. The molecule has 5 rings (SSSR count). The number of imide groups is 1. The summed E-state index contributed by atoms with van der Waals surface area (Å²) in [5, 5.41) is 2.68. The highest BCUT2D eigenvalue weighted by Gasteiger charge is 2.35. The highest BCUT2D eigenvalue weighted by Crippen LogP contribution is 2.40. The van der Waals surface area contributed by atoms with Crippen molar-refractivity contribution >= 4 is 39.1 Å². The minimum absolute atomic E-state index is 0.256. The second kappa shape index (κ2) is 6.52. The molecule has 4 aromatic rings. The standard InChI is InChI=1S/C25H17NO4/c1-26-24(28)18-10-6-9-16-19-13-15(30-2)11-12-17(19)21(22(20(16)18)25(26)29)23(27)14-7-4-3-5-8-14/h3-13H,1-2H3. The quantitative estimate of drug-likeness (QED) is 0.292. The Morgan fingerprint density at radius 2 is 1.60 bits per heavy atom. The van der Waals surface area contributed by atoms with Gasteiger partial charge in [-0.1, -0.05) is 42.5 Å². The Labute approximate surface area is 172 Å². The molecule has 30 heavy (non-hydrogen) atoms. The molecule has 5 nitrogen and oxygen atoms in total. The Morgan fingerprint density at radius 1 is 0.833 bits per heavy atom. The largest absolute Gasteiger partial charge is 0.497 e. The summed E-state index contributed by atoms with van der Waals surface area (Å²) in [5.41, 5.74) is 1.48. The maximum absolute atomic E-state index is 13.6. The van der Waals surface area contributed by atoms with Crippen LogP contribution in [0.25, 0.3) is 21.5 Å². The normalized spacial score (nSPS) is 13.2. The molecular weight excluding hydrogens is 378 g/mol. The van der Waals surface area contributed by atoms with Crippen molar-refractivity contribution in [3.05, 3.63) is 89.0 Å². The summed E-state index contributed by atoms with van der Waals surface area (Å²) >= 11 is 0. The van der Waals surface area contributed by atoms with Gasteiger partial charge in [0.2, 0.25) is 0 Å². The number of methoxy groups -OCH3 is 1. The van der Waals surface area contributed by atoms with Gasteiger partial charge in [0, 0.05) is 29.1 Å². The third-order valence-corrected chi connectivity index (χ3v) is 5.67. The van der Waals surface area contributed by atoms with Gasteiger partial charge < -0.3 is 4.74 Å². The SMILES string of the molecule is COc1ccc2c(C(=O)c3ccccc3)c3c4c(cccc4c2c1)C(=O)N(C)C3=O. The van der Waals surface area contributed by atoms with Gasteiger partial charge in [-0.3, -0.25) is 19.3 Å². The summed E-state index contributed by atoms with van der Waals surface area (Å²) < 4.78 is 5.39. The van der Waals surface area contributed by atoms with Gasteiger partial charge in [-0.15, -0.1) is 0 Å². The lowest BCUT2D eigenvalue weighted by atomic mass is 9.83. The van der Waals surface area contributed by atoms with Crippen LogP contribution < -0.4 is 4.74 Å². The maximum Gasteiger partial charge on any atom is 0.261 e. The van der Waals surface area contributed by atoms with Crippen LogP contribution in [0, 0.1) is 0 Å². The molecule has 0 atom stereocenters. The van der Waals surface area contributed by atoms with Gasteiger partial charge in [-0.25, -0.2) is 0 Å². The molecule has 0 fully saturated rings. The van der Waals surface area contributed by atoms with Crippen molar-refractivity contribution in [2.45, 2.75) is 0 Å². The van der Waals surface area contributed by atoms with E-state index in [4.69, 9.17) is 4.74 Å². The molecule has 146 valence electrons. The van der Waals surface area contributed by atoms with Crippen LogP contribution in [0.3, 0.4) is 0 Å². The highest BCUT2D eigenvalue weighted by atomic mass is 16.5. The first-order valence-corrected chi connectivity index (χ1v) is 9.51.